The van der Waals surface area contributed by atoms with E-state index in [1.54, 1.807) is 4.80 Å². The summed E-state index contributed by atoms with van der Waals surface area (Å²) in [7, 11) is 0. The standard InChI is InChI=1S/C28H41N3O/c1-3-5-7-9-11-13-17-23-21-24(18-14-12-10-8-6-4-2)28(32)27(22-23)31-29-25-19-15-16-20-26(25)30-31/h15-16,19-22,32H,3-14,17-18H2,1-2H3. The van der Waals surface area contributed by atoms with E-state index in [1.807, 2.05) is 24.3 Å². The van der Waals surface area contributed by atoms with Gasteiger partial charge in [-0.25, -0.2) is 0 Å². The molecule has 0 atom stereocenters. The van der Waals surface area contributed by atoms with Crippen LogP contribution in [0.5, 0.6) is 5.75 Å². The number of phenols is 1. The molecule has 4 nitrogen and oxygen atoms in total. The summed E-state index contributed by atoms with van der Waals surface area (Å²) in [6, 6.07) is 12.2. The Morgan fingerprint density at radius 3 is 1.81 bits per heavy atom. The molecule has 4 heteroatoms. The van der Waals surface area contributed by atoms with Gasteiger partial charge in [-0.05, 0) is 55.0 Å². The van der Waals surface area contributed by atoms with E-state index in [9.17, 15) is 5.11 Å². The Labute approximate surface area is 194 Å². The SMILES string of the molecule is CCCCCCCCc1cc(CCCCCCCC)c(O)c(-n2nc3ccccc3n2)c1. The Balaban J connectivity index is 1.74. The molecule has 0 spiro atoms. The summed E-state index contributed by atoms with van der Waals surface area (Å²) in [6.07, 6.45) is 17.2. The van der Waals surface area contributed by atoms with Gasteiger partial charge in [0.05, 0.1) is 0 Å². The van der Waals surface area contributed by atoms with Crippen LogP contribution in [0, 0.1) is 0 Å². The summed E-state index contributed by atoms with van der Waals surface area (Å²) in [5.74, 6) is 0.338. The molecule has 2 aromatic carbocycles. The highest BCUT2D eigenvalue weighted by molar-refractivity contribution is 5.73. The van der Waals surface area contributed by atoms with E-state index in [1.165, 1.54) is 76.2 Å². The lowest BCUT2D eigenvalue weighted by Crippen LogP contribution is -2.03. The van der Waals surface area contributed by atoms with Crippen LogP contribution in [0.25, 0.3) is 16.7 Å². The first-order chi connectivity index (χ1) is 15.7. The molecule has 0 amide bonds. The number of unbranched alkanes of at least 4 members (excludes halogenated alkanes) is 10. The number of hydrogen-bond acceptors (Lipinski definition) is 3. The van der Waals surface area contributed by atoms with Gasteiger partial charge in [-0.15, -0.1) is 15.0 Å². The predicted octanol–water partition coefficient (Wildman–Crippen LogP) is 7.93. The lowest BCUT2D eigenvalue weighted by molar-refractivity contribution is 0.458. The third-order valence-corrected chi connectivity index (χ3v) is 6.35. The highest BCUT2D eigenvalue weighted by Crippen LogP contribution is 2.30. The minimum Gasteiger partial charge on any atom is -0.505 e. The van der Waals surface area contributed by atoms with Crippen molar-refractivity contribution in [2.75, 3.05) is 0 Å². The first-order valence-electron chi connectivity index (χ1n) is 12.9. The second kappa shape index (κ2) is 13.2. The van der Waals surface area contributed by atoms with Gasteiger partial charge in [0.1, 0.15) is 22.5 Å². The third kappa shape index (κ3) is 7.08. The van der Waals surface area contributed by atoms with Crippen LogP contribution >= 0.6 is 0 Å². The van der Waals surface area contributed by atoms with Crippen LogP contribution < -0.4 is 0 Å². The van der Waals surface area contributed by atoms with Gasteiger partial charge >= 0.3 is 0 Å². The fourth-order valence-electron chi connectivity index (χ4n) is 4.40. The Morgan fingerprint density at radius 1 is 0.688 bits per heavy atom. The van der Waals surface area contributed by atoms with Crippen LogP contribution in [-0.4, -0.2) is 20.1 Å². The lowest BCUT2D eigenvalue weighted by atomic mass is 9.98. The maximum atomic E-state index is 11.1. The zero-order valence-corrected chi connectivity index (χ0v) is 20.2. The monoisotopic (exact) mass is 435 g/mol. The molecule has 174 valence electrons. The molecule has 0 aliphatic carbocycles. The first-order valence-corrected chi connectivity index (χ1v) is 12.9. The van der Waals surface area contributed by atoms with Crippen molar-refractivity contribution >= 4 is 11.0 Å². The van der Waals surface area contributed by atoms with Crippen molar-refractivity contribution in [1.82, 2.24) is 15.0 Å². The Bertz CT molecular complexity index is 914. The molecule has 0 fully saturated rings. The largest absolute Gasteiger partial charge is 0.505 e. The molecule has 3 rings (SSSR count). The number of hydrogen-bond donors (Lipinski definition) is 1. The Kier molecular flexibility index (Phi) is 10.1. The fraction of sp³-hybridized carbons (Fsp3) is 0.571. The number of aryl methyl sites for hydroxylation is 2. The van der Waals surface area contributed by atoms with Crippen LogP contribution in [0.1, 0.15) is 102 Å². The van der Waals surface area contributed by atoms with Gasteiger partial charge in [-0.1, -0.05) is 96.3 Å². The molecule has 0 aliphatic rings. The highest BCUT2D eigenvalue weighted by atomic mass is 16.3. The summed E-state index contributed by atoms with van der Waals surface area (Å²) < 4.78 is 0. The van der Waals surface area contributed by atoms with Crippen molar-refractivity contribution in [3.8, 4) is 11.4 Å². The van der Waals surface area contributed by atoms with Crippen molar-refractivity contribution in [1.29, 1.82) is 0 Å². The summed E-state index contributed by atoms with van der Waals surface area (Å²) in [4.78, 5) is 1.62. The second-order valence-corrected chi connectivity index (χ2v) is 9.14. The molecule has 0 saturated carbocycles. The number of benzene rings is 2. The average Bonchev–Trinajstić information content (AvgIpc) is 3.24. The molecule has 1 heterocycles. The number of aromatic hydroxyl groups is 1. The Hall–Kier alpha value is -2.36. The van der Waals surface area contributed by atoms with Crippen molar-refractivity contribution in [2.45, 2.75) is 104 Å². The minimum atomic E-state index is 0.338. The number of phenolic OH excluding ortho intramolecular Hbond substituents is 1. The highest BCUT2D eigenvalue weighted by Gasteiger charge is 2.14. The maximum absolute atomic E-state index is 11.1. The van der Waals surface area contributed by atoms with Crippen molar-refractivity contribution < 1.29 is 5.11 Å². The topological polar surface area (TPSA) is 50.9 Å². The van der Waals surface area contributed by atoms with E-state index in [-0.39, 0.29) is 0 Å². The molecule has 0 unspecified atom stereocenters. The smallest absolute Gasteiger partial charge is 0.146 e. The molecule has 32 heavy (non-hydrogen) atoms. The Morgan fingerprint density at radius 2 is 1.22 bits per heavy atom. The van der Waals surface area contributed by atoms with Gasteiger partial charge in [0.25, 0.3) is 0 Å². The van der Waals surface area contributed by atoms with E-state index >= 15 is 0 Å². The van der Waals surface area contributed by atoms with Gasteiger partial charge in [0, 0.05) is 0 Å². The van der Waals surface area contributed by atoms with Gasteiger partial charge in [0.15, 0.2) is 0 Å². The van der Waals surface area contributed by atoms with Gasteiger partial charge in [-0.3, -0.25) is 0 Å². The summed E-state index contributed by atoms with van der Waals surface area (Å²) >= 11 is 0. The molecule has 1 aromatic heterocycles. The van der Waals surface area contributed by atoms with Crippen molar-refractivity contribution in [2.24, 2.45) is 0 Å². The quantitative estimate of drug-likeness (QED) is 0.247. The normalized spacial score (nSPS) is 11.4. The molecular formula is C28H41N3O. The second-order valence-electron chi connectivity index (χ2n) is 9.14. The zero-order valence-electron chi connectivity index (χ0n) is 20.2. The van der Waals surface area contributed by atoms with Gasteiger partial charge in [-0.2, -0.15) is 0 Å². The van der Waals surface area contributed by atoms with Crippen molar-refractivity contribution in [3.05, 3.63) is 47.5 Å². The molecule has 0 aliphatic heterocycles. The fourth-order valence-corrected chi connectivity index (χ4v) is 4.40. The summed E-state index contributed by atoms with van der Waals surface area (Å²) in [5, 5.41) is 20.4. The van der Waals surface area contributed by atoms with Gasteiger partial charge in [0.2, 0.25) is 0 Å². The molecule has 0 radical (unpaired) electrons. The maximum Gasteiger partial charge on any atom is 0.146 e. The molecular weight excluding hydrogens is 394 g/mol. The van der Waals surface area contributed by atoms with Gasteiger partial charge < -0.3 is 5.11 Å². The van der Waals surface area contributed by atoms with Crippen LogP contribution in [0.3, 0.4) is 0 Å². The average molecular weight is 436 g/mol. The lowest BCUT2D eigenvalue weighted by Gasteiger charge is -2.13. The molecule has 0 saturated heterocycles. The van der Waals surface area contributed by atoms with Crippen molar-refractivity contribution in [3.63, 3.8) is 0 Å². The zero-order chi connectivity index (χ0) is 22.6. The van der Waals surface area contributed by atoms with E-state index in [4.69, 9.17) is 0 Å². The molecule has 1 N–H and O–H groups in total. The minimum absolute atomic E-state index is 0.338. The number of aromatic nitrogens is 3. The molecule has 0 bridgehead atoms. The van der Waals surface area contributed by atoms with Crippen LogP contribution in [0.4, 0.5) is 0 Å². The first kappa shape index (κ1) is 24.3. The molecule has 3 aromatic rings. The van der Waals surface area contributed by atoms with Crippen LogP contribution in [0.2, 0.25) is 0 Å². The number of nitrogens with zero attached hydrogens (tertiary/aromatic N) is 3. The number of rotatable bonds is 15. The summed E-state index contributed by atoms with van der Waals surface area (Å²) in [6.45, 7) is 4.51. The van der Waals surface area contributed by atoms with Crippen LogP contribution in [0.15, 0.2) is 36.4 Å². The summed E-state index contributed by atoms with van der Waals surface area (Å²) in [5.41, 5.74) is 4.75. The third-order valence-electron chi connectivity index (χ3n) is 6.35. The van der Waals surface area contributed by atoms with E-state index in [2.05, 4.69) is 36.2 Å². The van der Waals surface area contributed by atoms with E-state index in [0.717, 1.165) is 35.9 Å². The predicted molar refractivity (Wildman–Crippen MR) is 135 cm³/mol. The van der Waals surface area contributed by atoms with E-state index in [0.29, 0.717) is 11.4 Å². The van der Waals surface area contributed by atoms with E-state index < -0.39 is 0 Å². The van der Waals surface area contributed by atoms with Crippen LogP contribution in [-0.2, 0) is 12.8 Å². The number of fused-ring (bicyclic) bond motifs is 1.